The van der Waals surface area contributed by atoms with Gasteiger partial charge in [-0.25, -0.2) is 23.5 Å². The van der Waals surface area contributed by atoms with Crippen LogP contribution in [-0.4, -0.2) is 85.5 Å². The number of carboxylic acids is 3. The minimum absolute atomic E-state index is 0.0309. The molecule has 0 fully saturated rings. The molecule has 190 valence electrons. The van der Waals surface area contributed by atoms with E-state index >= 15 is 0 Å². The van der Waals surface area contributed by atoms with Crippen LogP contribution in [0.15, 0.2) is 6.20 Å². The largest absolute Gasteiger partial charge is 0.481 e. The fraction of sp³-hybridized carbons (Fsp3) is 0.632. The first-order valence-electron chi connectivity index (χ1n) is 10.6. The summed E-state index contributed by atoms with van der Waals surface area (Å²) < 4.78 is 13.6. The number of rotatable bonds is 17. The Bertz CT molecular complexity index is 849. The van der Waals surface area contributed by atoms with Crippen LogP contribution in [0.4, 0.5) is 9.18 Å². The zero-order chi connectivity index (χ0) is 25.5. The third-order valence-corrected chi connectivity index (χ3v) is 4.60. The van der Waals surface area contributed by atoms with Crippen LogP contribution in [-0.2, 0) is 32.1 Å². The molecule has 0 aromatic carbocycles. The van der Waals surface area contributed by atoms with E-state index in [-0.39, 0.29) is 38.3 Å². The molecular weight excluding hydrogens is 458 g/mol. The number of carbonyl (C=O) groups is 5. The molecule has 0 radical (unpaired) electrons. The number of unbranched alkanes of at least 4 members (excludes halogenated alkanes) is 1. The van der Waals surface area contributed by atoms with Crippen molar-refractivity contribution in [2.45, 2.75) is 63.6 Å². The van der Waals surface area contributed by atoms with Gasteiger partial charge in [-0.3, -0.25) is 9.59 Å². The SMILES string of the molecule is O=C(O)CC[C@H](NC(=O)N[C@@H](CCCCNC(=O)CCc1cn(CC[18F])nn1)C(=O)O)C(=O)O. The number of alkyl halides is 1. The molecule has 34 heavy (non-hydrogen) atoms. The minimum atomic E-state index is -1.48. The first kappa shape index (κ1) is 28.3. The van der Waals surface area contributed by atoms with Gasteiger partial charge in [-0.05, 0) is 25.7 Å². The molecule has 0 aliphatic heterocycles. The van der Waals surface area contributed by atoms with Gasteiger partial charge in [-0.1, -0.05) is 5.21 Å². The maximum atomic E-state index is 12.2. The van der Waals surface area contributed by atoms with E-state index in [9.17, 15) is 33.5 Å². The van der Waals surface area contributed by atoms with Crippen molar-refractivity contribution in [1.29, 1.82) is 0 Å². The average molecular weight is 487 g/mol. The normalized spacial score (nSPS) is 12.4. The maximum absolute atomic E-state index is 12.2. The summed E-state index contributed by atoms with van der Waals surface area (Å²) in [6.45, 7) is -0.192. The van der Waals surface area contributed by atoms with E-state index in [2.05, 4.69) is 20.9 Å². The zero-order valence-electron chi connectivity index (χ0n) is 18.4. The molecule has 0 aliphatic carbocycles. The summed E-state index contributed by atoms with van der Waals surface area (Å²) in [6, 6.07) is -3.81. The van der Waals surface area contributed by atoms with Crippen molar-refractivity contribution in [1.82, 2.24) is 30.9 Å². The highest BCUT2D eigenvalue weighted by Crippen LogP contribution is 2.03. The quantitative estimate of drug-likeness (QED) is 0.155. The van der Waals surface area contributed by atoms with Crippen LogP contribution in [0.1, 0.15) is 44.2 Å². The standard InChI is InChI=1S/C19H29FN6O8/c20-8-10-26-11-12(24-25-26)4-6-15(27)21-9-2-1-3-13(17(30)31)22-19(34)23-14(18(32)33)5-7-16(28)29/h11,13-14H,1-10H2,(H,21,27)(H,28,29)(H,30,31)(H,32,33)(H2,22,23,34)/t13-,14-/m0/s1/i20-1. The Hall–Kier alpha value is -3.78. The Kier molecular flexibility index (Phi) is 12.6. The van der Waals surface area contributed by atoms with Crippen LogP contribution < -0.4 is 16.0 Å². The van der Waals surface area contributed by atoms with Crippen LogP contribution in [0.3, 0.4) is 0 Å². The monoisotopic (exact) mass is 487 g/mol. The van der Waals surface area contributed by atoms with Crippen LogP contribution >= 0.6 is 0 Å². The van der Waals surface area contributed by atoms with E-state index in [0.717, 1.165) is 0 Å². The van der Waals surface area contributed by atoms with E-state index in [1.165, 1.54) is 4.68 Å². The Morgan fingerprint density at radius 1 is 0.971 bits per heavy atom. The highest BCUT2D eigenvalue weighted by molar-refractivity contribution is 5.86. The smallest absolute Gasteiger partial charge is 0.326 e. The number of nitrogens with zero attached hydrogens (tertiary/aromatic N) is 3. The van der Waals surface area contributed by atoms with Gasteiger partial charge >= 0.3 is 23.9 Å². The van der Waals surface area contributed by atoms with Gasteiger partial charge in [0.05, 0.1) is 12.2 Å². The van der Waals surface area contributed by atoms with Crippen LogP contribution in [0.5, 0.6) is 0 Å². The maximum Gasteiger partial charge on any atom is 0.326 e. The number of aliphatic carboxylic acids is 3. The molecule has 0 saturated carbocycles. The number of nitrogens with one attached hydrogen (secondary N) is 3. The summed E-state index contributed by atoms with van der Waals surface area (Å²) in [5.41, 5.74) is 0.561. The molecule has 1 aromatic heterocycles. The predicted molar refractivity (Wildman–Crippen MR) is 113 cm³/mol. The Morgan fingerprint density at radius 3 is 2.21 bits per heavy atom. The summed E-state index contributed by atoms with van der Waals surface area (Å²) in [5.74, 6) is -4.24. The topological polar surface area (TPSA) is 213 Å². The van der Waals surface area contributed by atoms with Crippen molar-refractivity contribution in [2.75, 3.05) is 13.2 Å². The molecule has 3 amide bonds. The number of aromatic nitrogens is 3. The molecule has 1 aromatic rings. The lowest BCUT2D eigenvalue weighted by molar-refractivity contribution is -0.140. The minimum Gasteiger partial charge on any atom is -0.481 e. The second kappa shape index (κ2) is 15.1. The highest BCUT2D eigenvalue weighted by atomic mass is 18.2. The number of amides is 3. The molecule has 0 bridgehead atoms. The van der Waals surface area contributed by atoms with E-state index in [0.29, 0.717) is 25.0 Å². The summed E-state index contributed by atoms with van der Waals surface area (Å²) in [7, 11) is 0. The number of halogens is 1. The molecule has 0 spiro atoms. The average Bonchev–Trinajstić information content (AvgIpc) is 3.21. The number of carboxylic acid groups (broad SMARTS) is 3. The van der Waals surface area contributed by atoms with Gasteiger partial charge in [0.25, 0.3) is 0 Å². The lowest BCUT2D eigenvalue weighted by Crippen LogP contribution is -2.51. The fourth-order valence-electron chi connectivity index (χ4n) is 2.82. The summed E-state index contributed by atoms with van der Waals surface area (Å²) in [4.78, 5) is 56.9. The first-order chi connectivity index (χ1) is 16.1. The van der Waals surface area contributed by atoms with Crippen LogP contribution in [0.2, 0.25) is 0 Å². The second-order valence-corrected chi connectivity index (χ2v) is 7.34. The summed E-state index contributed by atoms with van der Waals surface area (Å²) in [6.07, 6.45) is 2.02. The van der Waals surface area contributed by atoms with Crippen LogP contribution in [0, 0.1) is 0 Å². The van der Waals surface area contributed by atoms with Crippen molar-refractivity contribution in [3.05, 3.63) is 11.9 Å². The molecule has 1 rings (SSSR count). The third-order valence-electron chi connectivity index (χ3n) is 4.60. The van der Waals surface area contributed by atoms with Crippen LogP contribution in [0.25, 0.3) is 0 Å². The van der Waals surface area contributed by atoms with Gasteiger partial charge in [0.1, 0.15) is 18.8 Å². The molecule has 0 saturated heterocycles. The molecule has 2 atom stereocenters. The van der Waals surface area contributed by atoms with Gasteiger partial charge in [0, 0.05) is 32.0 Å². The molecule has 14 nitrogen and oxygen atoms in total. The lowest BCUT2D eigenvalue weighted by Gasteiger charge is -2.18. The zero-order valence-corrected chi connectivity index (χ0v) is 18.4. The van der Waals surface area contributed by atoms with E-state index in [1.807, 2.05) is 5.32 Å². The number of hydrogen-bond donors (Lipinski definition) is 6. The third kappa shape index (κ3) is 11.7. The Balaban J connectivity index is 2.31. The van der Waals surface area contributed by atoms with E-state index < -0.39 is 49.1 Å². The van der Waals surface area contributed by atoms with Crippen molar-refractivity contribution >= 4 is 29.8 Å². The predicted octanol–water partition coefficient (Wildman–Crippen LogP) is -0.463. The van der Waals surface area contributed by atoms with Crippen molar-refractivity contribution < 1.29 is 43.7 Å². The van der Waals surface area contributed by atoms with Crippen molar-refractivity contribution in [3.63, 3.8) is 0 Å². The number of aryl methyl sites for hydroxylation is 2. The molecular formula is C19H29FN6O8. The van der Waals surface area contributed by atoms with Crippen molar-refractivity contribution in [3.8, 4) is 0 Å². The number of carbonyl (C=O) groups excluding carboxylic acids is 2. The Labute approximate surface area is 193 Å². The van der Waals surface area contributed by atoms with Gasteiger partial charge in [0.15, 0.2) is 0 Å². The lowest BCUT2D eigenvalue weighted by atomic mass is 10.1. The molecule has 6 N–H and O–H groups in total. The van der Waals surface area contributed by atoms with Gasteiger partial charge < -0.3 is 31.3 Å². The van der Waals surface area contributed by atoms with E-state index in [1.54, 1.807) is 6.20 Å². The number of urea groups is 1. The first-order valence-corrected chi connectivity index (χ1v) is 10.6. The molecule has 0 unspecified atom stereocenters. The summed E-state index contributed by atoms with van der Waals surface area (Å²) >= 11 is 0. The highest BCUT2D eigenvalue weighted by Gasteiger charge is 2.24. The Morgan fingerprint density at radius 2 is 1.62 bits per heavy atom. The van der Waals surface area contributed by atoms with E-state index in [4.69, 9.17) is 10.2 Å². The second-order valence-electron chi connectivity index (χ2n) is 7.34. The van der Waals surface area contributed by atoms with Gasteiger partial charge in [-0.2, -0.15) is 0 Å². The van der Waals surface area contributed by atoms with Gasteiger partial charge in [-0.15, -0.1) is 5.10 Å². The number of hydrogen-bond acceptors (Lipinski definition) is 7. The van der Waals surface area contributed by atoms with Gasteiger partial charge in [0.2, 0.25) is 5.91 Å². The molecule has 1 heterocycles. The molecule has 0 aliphatic rings. The molecule has 15 heteroatoms. The van der Waals surface area contributed by atoms with Crippen molar-refractivity contribution in [2.24, 2.45) is 0 Å². The summed E-state index contributed by atoms with van der Waals surface area (Å²) in [5, 5.41) is 41.4. The fourth-order valence-corrected chi connectivity index (χ4v) is 2.82.